The van der Waals surface area contributed by atoms with E-state index >= 15 is 0 Å². The molecule has 1 saturated heterocycles. The quantitative estimate of drug-likeness (QED) is 0.903. The van der Waals surface area contributed by atoms with Gasteiger partial charge in [-0.3, -0.25) is 4.79 Å². The van der Waals surface area contributed by atoms with E-state index in [4.69, 9.17) is 5.26 Å². The van der Waals surface area contributed by atoms with Gasteiger partial charge in [0.05, 0.1) is 11.6 Å². The van der Waals surface area contributed by atoms with E-state index in [0.29, 0.717) is 30.0 Å². The van der Waals surface area contributed by atoms with Crippen LogP contribution in [0.4, 0.5) is 0 Å². The third-order valence-corrected chi connectivity index (χ3v) is 4.04. The van der Waals surface area contributed by atoms with Crippen molar-refractivity contribution in [2.45, 2.75) is 25.7 Å². The predicted octanol–water partition coefficient (Wildman–Crippen LogP) is 1.40. The Morgan fingerprint density at radius 3 is 3.09 bits per heavy atom. The molecule has 1 amide bonds. The SMILES string of the molecule is Cc1ccc(C(=O)N2CCCC(c3nn[nH]n3)C2)cc1C#N. The zero-order valence-corrected chi connectivity index (χ0v) is 12.3. The van der Waals surface area contributed by atoms with E-state index in [1.165, 1.54) is 0 Å². The maximum atomic E-state index is 12.6. The molecular weight excluding hydrogens is 280 g/mol. The van der Waals surface area contributed by atoms with Crippen LogP contribution in [0.5, 0.6) is 0 Å². The number of benzene rings is 1. The van der Waals surface area contributed by atoms with Crippen LogP contribution in [-0.2, 0) is 0 Å². The van der Waals surface area contributed by atoms with Gasteiger partial charge in [0, 0.05) is 24.6 Å². The molecule has 7 nitrogen and oxygen atoms in total. The summed E-state index contributed by atoms with van der Waals surface area (Å²) in [5.41, 5.74) is 1.97. The highest BCUT2D eigenvalue weighted by molar-refractivity contribution is 5.94. The molecule has 1 unspecified atom stereocenters. The van der Waals surface area contributed by atoms with Crippen molar-refractivity contribution in [2.75, 3.05) is 13.1 Å². The van der Waals surface area contributed by atoms with Crippen molar-refractivity contribution in [3.05, 3.63) is 40.7 Å². The van der Waals surface area contributed by atoms with E-state index in [1.807, 2.05) is 13.0 Å². The first-order valence-electron chi connectivity index (χ1n) is 7.22. The highest BCUT2D eigenvalue weighted by Gasteiger charge is 2.28. The Kier molecular flexibility index (Phi) is 3.83. The Hall–Kier alpha value is -2.75. The Morgan fingerprint density at radius 2 is 2.36 bits per heavy atom. The van der Waals surface area contributed by atoms with Gasteiger partial charge < -0.3 is 4.90 Å². The number of carbonyl (C=O) groups is 1. The molecule has 0 radical (unpaired) electrons. The van der Waals surface area contributed by atoms with E-state index in [0.717, 1.165) is 18.4 Å². The molecule has 0 bridgehead atoms. The van der Waals surface area contributed by atoms with Gasteiger partial charge in [-0.2, -0.15) is 10.5 Å². The van der Waals surface area contributed by atoms with Crippen molar-refractivity contribution >= 4 is 5.91 Å². The summed E-state index contributed by atoms with van der Waals surface area (Å²) in [5, 5.41) is 23.2. The average molecular weight is 296 g/mol. The van der Waals surface area contributed by atoms with Crippen molar-refractivity contribution in [3.63, 3.8) is 0 Å². The molecule has 22 heavy (non-hydrogen) atoms. The molecule has 112 valence electrons. The lowest BCUT2D eigenvalue weighted by Gasteiger charge is -2.31. The van der Waals surface area contributed by atoms with Crippen molar-refractivity contribution in [3.8, 4) is 6.07 Å². The third-order valence-electron chi connectivity index (χ3n) is 4.04. The lowest BCUT2D eigenvalue weighted by atomic mass is 9.96. The number of aromatic nitrogens is 4. The molecule has 1 aromatic heterocycles. The highest BCUT2D eigenvalue weighted by atomic mass is 16.2. The molecule has 0 aliphatic carbocycles. The summed E-state index contributed by atoms with van der Waals surface area (Å²) in [6, 6.07) is 7.37. The number of aromatic amines is 1. The molecule has 0 saturated carbocycles. The first kappa shape index (κ1) is 14.2. The van der Waals surface area contributed by atoms with Crippen LogP contribution in [0.15, 0.2) is 18.2 Å². The zero-order valence-electron chi connectivity index (χ0n) is 12.3. The smallest absolute Gasteiger partial charge is 0.253 e. The van der Waals surface area contributed by atoms with Gasteiger partial charge in [-0.1, -0.05) is 11.3 Å². The van der Waals surface area contributed by atoms with Gasteiger partial charge in [-0.25, -0.2) is 0 Å². The first-order valence-corrected chi connectivity index (χ1v) is 7.22. The minimum atomic E-state index is -0.0512. The van der Waals surface area contributed by atoms with Gasteiger partial charge in [0.2, 0.25) is 0 Å². The fourth-order valence-corrected chi connectivity index (χ4v) is 2.77. The standard InChI is InChI=1S/C15H16N6O/c1-10-4-5-11(7-13(10)8-16)15(22)21-6-2-3-12(9-21)14-17-19-20-18-14/h4-5,7,12H,2-3,6,9H2,1H3,(H,17,18,19,20). The van der Waals surface area contributed by atoms with Crippen LogP contribution in [0.1, 0.15) is 46.1 Å². The molecule has 7 heteroatoms. The van der Waals surface area contributed by atoms with Crippen LogP contribution in [-0.4, -0.2) is 44.5 Å². The summed E-state index contributed by atoms with van der Waals surface area (Å²) < 4.78 is 0. The van der Waals surface area contributed by atoms with Gasteiger partial charge in [-0.15, -0.1) is 10.2 Å². The molecule has 2 aromatic rings. The second kappa shape index (κ2) is 5.93. The van der Waals surface area contributed by atoms with Crippen molar-refractivity contribution in [1.82, 2.24) is 25.5 Å². The van der Waals surface area contributed by atoms with E-state index in [2.05, 4.69) is 26.7 Å². The van der Waals surface area contributed by atoms with E-state index < -0.39 is 0 Å². The Morgan fingerprint density at radius 1 is 1.50 bits per heavy atom. The summed E-state index contributed by atoms with van der Waals surface area (Å²) in [6.45, 7) is 3.15. The van der Waals surface area contributed by atoms with E-state index in [-0.39, 0.29) is 11.8 Å². The van der Waals surface area contributed by atoms with Crippen LogP contribution >= 0.6 is 0 Å². The molecular formula is C15H16N6O. The Labute approximate surface area is 127 Å². The summed E-state index contributed by atoms with van der Waals surface area (Å²) >= 11 is 0. The third kappa shape index (κ3) is 2.68. The first-order chi connectivity index (χ1) is 10.7. The summed E-state index contributed by atoms with van der Waals surface area (Å²) in [6.07, 6.45) is 1.85. The van der Waals surface area contributed by atoms with Crippen LogP contribution in [0.2, 0.25) is 0 Å². The summed E-state index contributed by atoms with van der Waals surface area (Å²) in [5.74, 6) is 0.709. The fraction of sp³-hybridized carbons (Fsp3) is 0.400. The Balaban J connectivity index is 1.79. The number of piperidine rings is 1. The number of aryl methyl sites for hydroxylation is 1. The number of nitriles is 1. The largest absolute Gasteiger partial charge is 0.338 e. The number of nitrogens with one attached hydrogen (secondary N) is 1. The number of rotatable bonds is 2. The fourth-order valence-electron chi connectivity index (χ4n) is 2.77. The van der Waals surface area contributed by atoms with Crippen LogP contribution < -0.4 is 0 Å². The average Bonchev–Trinajstić information content (AvgIpc) is 3.09. The molecule has 0 spiro atoms. The molecule has 1 atom stereocenters. The summed E-state index contributed by atoms with van der Waals surface area (Å²) in [4.78, 5) is 14.4. The molecule has 1 aromatic carbocycles. The number of hydrogen-bond acceptors (Lipinski definition) is 5. The van der Waals surface area contributed by atoms with Gasteiger partial charge in [0.25, 0.3) is 5.91 Å². The summed E-state index contributed by atoms with van der Waals surface area (Å²) in [7, 11) is 0. The number of hydrogen-bond donors (Lipinski definition) is 1. The zero-order chi connectivity index (χ0) is 15.5. The van der Waals surface area contributed by atoms with Crippen LogP contribution in [0, 0.1) is 18.3 Å². The van der Waals surface area contributed by atoms with Crippen LogP contribution in [0.3, 0.4) is 0 Å². The second-order valence-electron chi connectivity index (χ2n) is 5.50. The van der Waals surface area contributed by atoms with Gasteiger partial charge in [-0.05, 0) is 37.5 Å². The number of H-pyrrole nitrogens is 1. The maximum Gasteiger partial charge on any atom is 0.253 e. The number of carbonyl (C=O) groups excluding carboxylic acids is 1. The monoisotopic (exact) mass is 296 g/mol. The number of nitrogens with zero attached hydrogens (tertiary/aromatic N) is 5. The van der Waals surface area contributed by atoms with E-state index in [1.54, 1.807) is 17.0 Å². The normalized spacial score (nSPS) is 18.0. The second-order valence-corrected chi connectivity index (χ2v) is 5.50. The lowest BCUT2D eigenvalue weighted by molar-refractivity contribution is 0.0704. The molecule has 1 aliphatic rings. The lowest BCUT2D eigenvalue weighted by Crippen LogP contribution is -2.39. The molecule has 3 rings (SSSR count). The van der Waals surface area contributed by atoms with E-state index in [9.17, 15) is 4.79 Å². The van der Waals surface area contributed by atoms with Crippen LogP contribution in [0.25, 0.3) is 0 Å². The van der Waals surface area contributed by atoms with Gasteiger partial charge >= 0.3 is 0 Å². The molecule has 1 aliphatic heterocycles. The predicted molar refractivity (Wildman–Crippen MR) is 78.0 cm³/mol. The minimum absolute atomic E-state index is 0.0512. The van der Waals surface area contributed by atoms with Crippen molar-refractivity contribution in [2.24, 2.45) is 0 Å². The molecule has 1 fully saturated rings. The minimum Gasteiger partial charge on any atom is -0.338 e. The van der Waals surface area contributed by atoms with Crippen molar-refractivity contribution < 1.29 is 4.79 Å². The maximum absolute atomic E-state index is 12.6. The molecule has 1 N–H and O–H groups in total. The molecule has 2 heterocycles. The Bertz CT molecular complexity index is 718. The van der Waals surface area contributed by atoms with Gasteiger partial charge in [0.15, 0.2) is 5.82 Å². The number of tetrazole rings is 1. The topological polar surface area (TPSA) is 98.6 Å². The van der Waals surface area contributed by atoms with Crippen molar-refractivity contribution in [1.29, 1.82) is 5.26 Å². The highest BCUT2D eigenvalue weighted by Crippen LogP contribution is 2.25. The number of amides is 1. The van der Waals surface area contributed by atoms with Gasteiger partial charge in [0.1, 0.15) is 0 Å². The number of likely N-dealkylation sites (tertiary alicyclic amines) is 1.